The fraction of sp³-hybridized carbons (Fsp3) is 0.394. The van der Waals surface area contributed by atoms with Gasteiger partial charge in [-0.15, -0.1) is 0 Å². The molecule has 4 aromatic rings. The smallest absolute Gasteiger partial charge is 0.224 e. The highest BCUT2D eigenvalue weighted by atomic mass is 16.5. The van der Waals surface area contributed by atoms with Gasteiger partial charge in [0.05, 0.1) is 24.1 Å². The minimum Gasteiger partial charge on any atom is -0.493 e. The Hall–Kier alpha value is -3.60. The number of unbranched alkanes of at least 4 members (excludes halogenated alkanes) is 3. The number of aromatic nitrogens is 2. The third-order valence-corrected chi connectivity index (χ3v) is 7.18. The Morgan fingerprint density at radius 1 is 0.816 bits per heavy atom. The molecule has 0 radical (unpaired) electrons. The summed E-state index contributed by atoms with van der Waals surface area (Å²) in [6.07, 6.45) is 6.56. The van der Waals surface area contributed by atoms with Crippen molar-refractivity contribution in [1.82, 2.24) is 14.9 Å². The van der Waals surface area contributed by atoms with E-state index < -0.39 is 0 Å². The molecule has 0 aliphatic heterocycles. The molecule has 200 valence electrons. The minimum absolute atomic E-state index is 0.0997. The number of hydrogen-bond donors (Lipinski definition) is 1. The van der Waals surface area contributed by atoms with E-state index in [1.165, 1.54) is 22.2 Å². The number of hydrogen-bond acceptors (Lipinski definition) is 3. The molecule has 5 heteroatoms. The number of rotatable bonds is 14. The van der Waals surface area contributed by atoms with Gasteiger partial charge in [0.15, 0.2) is 0 Å². The van der Waals surface area contributed by atoms with Crippen LogP contribution in [0.25, 0.3) is 11.0 Å². The Balaban J connectivity index is 1.21. The van der Waals surface area contributed by atoms with Crippen molar-refractivity contribution >= 4 is 16.9 Å². The Labute approximate surface area is 227 Å². The third-order valence-electron chi connectivity index (χ3n) is 7.18. The van der Waals surface area contributed by atoms with E-state index in [4.69, 9.17) is 9.72 Å². The van der Waals surface area contributed by atoms with Gasteiger partial charge < -0.3 is 14.6 Å². The van der Waals surface area contributed by atoms with Crippen LogP contribution in [0.15, 0.2) is 66.7 Å². The highest BCUT2D eigenvalue weighted by molar-refractivity contribution is 5.78. The summed E-state index contributed by atoms with van der Waals surface area (Å²) in [5.41, 5.74) is 6.93. The zero-order valence-corrected chi connectivity index (χ0v) is 23.1. The molecular formula is C33H41N3O2. The van der Waals surface area contributed by atoms with Gasteiger partial charge in [0.1, 0.15) is 11.6 Å². The number of aryl methyl sites for hydroxylation is 5. The van der Waals surface area contributed by atoms with E-state index in [9.17, 15) is 4.79 Å². The second-order valence-corrected chi connectivity index (χ2v) is 10.2. The van der Waals surface area contributed by atoms with E-state index in [1.807, 2.05) is 18.2 Å². The SMILES string of the molecule is Cc1ccccc1CC(=O)NCCCCCc1nc2ccccc2n1CCCCOc1c(C)cccc1C. The maximum absolute atomic E-state index is 12.3. The first-order chi connectivity index (χ1) is 18.5. The van der Waals surface area contributed by atoms with Gasteiger partial charge in [-0.1, -0.05) is 61.0 Å². The van der Waals surface area contributed by atoms with Crippen LogP contribution in [0.1, 0.15) is 60.2 Å². The van der Waals surface area contributed by atoms with Crippen molar-refractivity contribution in [2.75, 3.05) is 13.2 Å². The summed E-state index contributed by atoms with van der Waals surface area (Å²) in [7, 11) is 0. The number of nitrogens with zero attached hydrogens (tertiary/aromatic N) is 2. The number of para-hydroxylation sites is 3. The lowest BCUT2D eigenvalue weighted by Gasteiger charge is -2.13. The van der Waals surface area contributed by atoms with Crippen LogP contribution in [0.2, 0.25) is 0 Å². The molecule has 0 saturated carbocycles. The summed E-state index contributed by atoms with van der Waals surface area (Å²) in [5, 5.41) is 3.08. The van der Waals surface area contributed by atoms with Gasteiger partial charge in [-0.3, -0.25) is 4.79 Å². The molecule has 0 fully saturated rings. The van der Waals surface area contributed by atoms with Crippen molar-refractivity contribution in [2.24, 2.45) is 0 Å². The second kappa shape index (κ2) is 13.8. The lowest BCUT2D eigenvalue weighted by atomic mass is 10.1. The molecule has 0 unspecified atom stereocenters. The third kappa shape index (κ3) is 7.47. The van der Waals surface area contributed by atoms with Crippen LogP contribution in [-0.4, -0.2) is 28.6 Å². The number of ether oxygens (including phenoxy) is 1. The molecule has 3 aromatic carbocycles. The number of carbonyl (C=O) groups is 1. The number of imidazole rings is 1. The van der Waals surface area contributed by atoms with E-state index in [1.54, 1.807) is 0 Å². The largest absolute Gasteiger partial charge is 0.493 e. The van der Waals surface area contributed by atoms with Gasteiger partial charge in [-0.05, 0) is 80.8 Å². The Kier molecular flexibility index (Phi) is 9.97. The van der Waals surface area contributed by atoms with Gasteiger partial charge in [0, 0.05) is 19.5 Å². The first-order valence-corrected chi connectivity index (χ1v) is 14.0. The van der Waals surface area contributed by atoms with Crippen LogP contribution in [0.3, 0.4) is 0 Å². The standard InChI is InChI=1S/C33H41N3O2/c1-25-14-6-7-17-28(25)24-32(37)34-21-10-4-5-20-31-35-29-18-8-9-19-30(29)36(31)22-11-12-23-38-33-26(2)15-13-16-27(33)3/h6-9,13-19H,4-5,10-12,20-24H2,1-3H3,(H,34,37). The maximum Gasteiger partial charge on any atom is 0.224 e. The zero-order valence-electron chi connectivity index (χ0n) is 23.1. The van der Waals surface area contributed by atoms with Crippen LogP contribution in [0.4, 0.5) is 0 Å². The normalized spacial score (nSPS) is 11.1. The molecule has 5 nitrogen and oxygen atoms in total. The van der Waals surface area contributed by atoms with Gasteiger partial charge in [-0.25, -0.2) is 4.98 Å². The quantitative estimate of drug-likeness (QED) is 0.188. The van der Waals surface area contributed by atoms with Gasteiger partial charge in [0.2, 0.25) is 5.91 Å². The summed E-state index contributed by atoms with van der Waals surface area (Å²) in [6.45, 7) is 8.65. The molecule has 0 saturated heterocycles. The molecule has 4 rings (SSSR count). The van der Waals surface area contributed by atoms with Gasteiger partial charge in [-0.2, -0.15) is 0 Å². The maximum atomic E-state index is 12.3. The van der Waals surface area contributed by atoms with Crippen molar-refractivity contribution in [1.29, 1.82) is 0 Å². The van der Waals surface area contributed by atoms with Crippen LogP contribution in [0.5, 0.6) is 5.75 Å². The minimum atomic E-state index is 0.0997. The molecule has 0 bridgehead atoms. The summed E-state index contributed by atoms with van der Waals surface area (Å²) in [6, 6.07) is 22.8. The number of benzene rings is 3. The molecule has 1 N–H and O–H groups in total. The Morgan fingerprint density at radius 3 is 2.37 bits per heavy atom. The van der Waals surface area contributed by atoms with E-state index in [0.717, 1.165) is 80.9 Å². The van der Waals surface area contributed by atoms with Gasteiger partial charge >= 0.3 is 0 Å². The average Bonchev–Trinajstić information content (AvgIpc) is 3.26. The monoisotopic (exact) mass is 511 g/mol. The van der Waals surface area contributed by atoms with Crippen molar-refractivity contribution in [3.05, 3.63) is 94.8 Å². The molecule has 0 aliphatic rings. The average molecular weight is 512 g/mol. The fourth-order valence-corrected chi connectivity index (χ4v) is 5.00. The van der Waals surface area contributed by atoms with E-state index in [-0.39, 0.29) is 5.91 Å². The molecule has 0 atom stereocenters. The van der Waals surface area contributed by atoms with Crippen LogP contribution < -0.4 is 10.1 Å². The lowest BCUT2D eigenvalue weighted by molar-refractivity contribution is -0.120. The summed E-state index contributed by atoms with van der Waals surface area (Å²) in [4.78, 5) is 17.2. The zero-order chi connectivity index (χ0) is 26.7. The van der Waals surface area contributed by atoms with Crippen molar-refractivity contribution < 1.29 is 9.53 Å². The van der Waals surface area contributed by atoms with Crippen LogP contribution >= 0.6 is 0 Å². The van der Waals surface area contributed by atoms with E-state index in [2.05, 4.69) is 79.2 Å². The number of carbonyl (C=O) groups excluding carboxylic acids is 1. The fourth-order valence-electron chi connectivity index (χ4n) is 5.00. The Bertz CT molecular complexity index is 1320. The molecule has 38 heavy (non-hydrogen) atoms. The Morgan fingerprint density at radius 2 is 1.55 bits per heavy atom. The molecule has 0 spiro atoms. The molecule has 1 amide bonds. The van der Waals surface area contributed by atoms with Crippen molar-refractivity contribution in [2.45, 2.75) is 72.3 Å². The molecular weight excluding hydrogens is 470 g/mol. The van der Waals surface area contributed by atoms with Crippen molar-refractivity contribution in [3.63, 3.8) is 0 Å². The van der Waals surface area contributed by atoms with Crippen LogP contribution in [0, 0.1) is 20.8 Å². The molecule has 0 aliphatic carbocycles. The highest BCUT2D eigenvalue weighted by Crippen LogP contribution is 2.23. The lowest BCUT2D eigenvalue weighted by Crippen LogP contribution is -2.26. The van der Waals surface area contributed by atoms with Gasteiger partial charge in [0.25, 0.3) is 0 Å². The molecule has 1 heterocycles. The summed E-state index contributed by atoms with van der Waals surface area (Å²) >= 11 is 0. The predicted molar refractivity (Wildman–Crippen MR) is 156 cm³/mol. The van der Waals surface area contributed by atoms with Crippen LogP contribution in [-0.2, 0) is 24.2 Å². The highest BCUT2D eigenvalue weighted by Gasteiger charge is 2.11. The predicted octanol–water partition coefficient (Wildman–Crippen LogP) is 6.89. The summed E-state index contributed by atoms with van der Waals surface area (Å²) < 4.78 is 8.50. The molecule has 1 aromatic heterocycles. The van der Waals surface area contributed by atoms with E-state index >= 15 is 0 Å². The first-order valence-electron chi connectivity index (χ1n) is 14.0. The van der Waals surface area contributed by atoms with Crippen molar-refractivity contribution in [3.8, 4) is 5.75 Å². The number of amides is 1. The first kappa shape index (κ1) is 27.4. The second-order valence-electron chi connectivity index (χ2n) is 10.2. The topological polar surface area (TPSA) is 56.2 Å². The number of fused-ring (bicyclic) bond motifs is 1. The number of nitrogens with one attached hydrogen (secondary N) is 1. The van der Waals surface area contributed by atoms with E-state index in [0.29, 0.717) is 6.42 Å². The summed E-state index contributed by atoms with van der Waals surface area (Å²) in [5.74, 6) is 2.28.